The maximum Gasteiger partial charge on any atom is 0.101 e. The van der Waals surface area contributed by atoms with Gasteiger partial charge in [-0.1, -0.05) is 147 Å². The highest BCUT2D eigenvalue weighted by atomic mass is 15.4. The second-order valence-corrected chi connectivity index (χ2v) is 10.6. The van der Waals surface area contributed by atoms with Crippen LogP contribution in [0.4, 0.5) is 0 Å². The topological polar surface area (TPSA) is 6.48 Å². The fourth-order valence-electron chi connectivity index (χ4n) is 5.38. The van der Waals surface area contributed by atoms with E-state index in [1.807, 2.05) is 0 Å². The standard InChI is InChI=1S/C32H56N2/c1-3-5-6-7-8-9-10-11-12-13-14-15-16-17-18-19-23-26-32-33(27-4-2)28-29-34(32)30-31-24-21-20-22-25-31/h20-22,24-25,28-29,32H,3-19,23,26-27,30H2,1-2H3. The second-order valence-electron chi connectivity index (χ2n) is 10.6. The number of benzene rings is 1. The van der Waals surface area contributed by atoms with Gasteiger partial charge in [0.25, 0.3) is 0 Å². The fourth-order valence-corrected chi connectivity index (χ4v) is 5.38. The molecule has 0 saturated heterocycles. The first-order valence-corrected chi connectivity index (χ1v) is 15.1. The van der Waals surface area contributed by atoms with Crippen LogP contribution >= 0.6 is 0 Å². The summed E-state index contributed by atoms with van der Waals surface area (Å²) < 4.78 is 0. The van der Waals surface area contributed by atoms with Crippen LogP contribution < -0.4 is 0 Å². The third-order valence-electron chi connectivity index (χ3n) is 7.47. The number of hydrogen-bond acceptors (Lipinski definition) is 2. The molecule has 1 aliphatic rings. The van der Waals surface area contributed by atoms with Crippen LogP contribution in [0.15, 0.2) is 42.7 Å². The van der Waals surface area contributed by atoms with Gasteiger partial charge in [-0.15, -0.1) is 0 Å². The van der Waals surface area contributed by atoms with Crippen LogP contribution in [0.1, 0.15) is 141 Å². The van der Waals surface area contributed by atoms with Crippen LogP contribution in [-0.2, 0) is 6.54 Å². The van der Waals surface area contributed by atoms with Crippen LogP contribution in [0.3, 0.4) is 0 Å². The van der Waals surface area contributed by atoms with Crippen molar-refractivity contribution in [3.05, 3.63) is 48.3 Å². The predicted molar refractivity (Wildman–Crippen MR) is 151 cm³/mol. The lowest BCUT2D eigenvalue weighted by atomic mass is 10.0. The Kier molecular flexibility index (Phi) is 16.8. The molecule has 1 aromatic carbocycles. The molecule has 2 heteroatoms. The lowest BCUT2D eigenvalue weighted by Crippen LogP contribution is -2.38. The molecule has 1 aromatic rings. The molecule has 194 valence electrons. The average Bonchev–Trinajstić information content (AvgIpc) is 3.22. The summed E-state index contributed by atoms with van der Waals surface area (Å²) in [6, 6.07) is 10.9. The van der Waals surface area contributed by atoms with Gasteiger partial charge in [-0.25, -0.2) is 0 Å². The molecule has 34 heavy (non-hydrogen) atoms. The first-order chi connectivity index (χ1) is 16.8. The first kappa shape index (κ1) is 28.8. The lowest BCUT2D eigenvalue weighted by Gasteiger charge is -2.33. The minimum atomic E-state index is 0.552. The van der Waals surface area contributed by atoms with Gasteiger partial charge in [0, 0.05) is 25.5 Å². The normalized spacial score (nSPS) is 15.5. The maximum absolute atomic E-state index is 2.56. The first-order valence-electron chi connectivity index (χ1n) is 15.1. The molecule has 0 aromatic heterocycles. The number of nitrogens with zero attached hydrogens (tertiary/aromatic N) is 2. The third kappa shape index (κ3) is 12.9. The van der Waals surface area contributed by atoms with E-state index < -0.39 is 0 Å². The smallest absolute Gasteiger partial charge is 0.101 e. The van der Waals surface area contributed by atoms with Gasteiger partial charge in [-0.05, 0) is 24.8 Å². The molecule has 2 nitrogen and oxygen atoms in total. The zero-order chi connectivity index (χ0) is 24.1. The quantitative estimate of drug-likeness (QED) is 0.156. The summed E-state index contributed by atoms with van der Waals surface area (Å²) in [6.07, 6.45) is 32.2. The Bertz CT molecular complexity index is 596. The van der Waals surface area contributed by atoms with E-state index in [0.717, 1.165) is 6.54 Å². The van der Waals surface area contributed by atoms with E-state index >= 15 is 0 Å². The number of rotatable bonds is 22. The predicted octanol–water partition coefficient (Wildman–Crippen LogP) is 10.1. The largest absolute Gasteiger partial charge is 0.356 e. The molecule has 0 radical (unpaired) electrons. The van der Waals surface area contributed by atoms with Crippen LogP contribution in [0.5, 0.6) is 0 Å². The van der Waals surface area contributed by atoms with Crippen LogP contribution in [0.2, 0.25) is 0 Å². The van der Waals surface area contributed by atoms with Crippen molar-refractivity contribution >= 4 is 0 Å². The van der Waals surface area contributed by atoms with Crippen molar-refractivity contribution in [3.63, 3.8) is 0 Å². The van der Waals surface area contributed by atoms with Crippen molar-refractivity contribution < 1.29 is 0 Å². The minimum absolute atomic E-state index is 0.552. The molecule has 1 aliphatic heterocycles. The van der Waals surface area contributed by atoms with E-state index in [1.165, 1.54) is 134 Å². The summed E-state index contributed by atoms with van der Waals surface area (Å²) in [5.41, 5.74) is 1.41. The van der Waals surface area contributed by atoms with E-state index in [1.54, 1.807) is 0 Å². The second kappa shape index (κ2) is 19.8. The minimum Gasteiger partial charge on any atom is -0.356 e. The molecule has 0 bridgehead atoms. The van der Waals surface area contributed by atoms with E-state index in [2.05, 4.69) is 66.4 Å². The lowest BCUT2D eigenvalue weighted by molar-refractivity contribution is 0.134. The molecule has 1 heterocycles. The Balaban J connectivity index is 1.44. The zero-order valence-electron chi connectivity index (χ0n) is 22.9. The fraction of sp³-hybridized carbons (Fsp3) is 0.750. The highest BCUT2D eigenvalue weighted by Gasteiger charge is 2.25. The molecule has 1 atom stereocenters. The Hall–Kier alpha value is -1.44. The van der Waals surface area contributed by atoms with Crippen LogP contribution in [-0.4, -0.2) is 22.5 Å². The molecule has 0 saturated carbocycles. The van der Waals surface area contributed by atoms with Crippen molar-refractivity contribution in [2.45, 2.75) is 149 Å². The van der Waals surface area contributed by atoms with Gasteiger partial charge in [0.05, 0.1) is 0 Å². The Morgan fingerprint density at radius 2 is 1.00 bits per heavy atom. The van der Waals surface area contributed by atoms with Crippen molar-refractivity contribution in [1.82, 2.24) is 9.80 Å². The maximum atomic E-state index is 2.56. The van der Waals surface area contributed by atoms with Gasteiger partial charge >= 0.3 is 0 Å². The zero-order valence-corrected chi connectivity index (χ0v) is 22.9. The highest BCUT2D eigenvalue weighted by Crippen LogP contribution is 2.24. The Labute approximate surface area is 213 Å². The molecular weight excluding hydrogens is 412 g/mol. The number of unbranched alkanes of at least 4 members (excludes halogenated alkanes) is 16. The summed E-state index contributed by atoms with van der Waals surface area (Å²) in [5.74, 6) is 0. The van der Waals surface area contributed by atoms with E-state index in [-0.39, 0.29) is 0 Å². The van der Waals surface area contributed by atoms with Crippen LogP contribution in [0, 0.1) is 0 Å². The summed E-state index contributed by atoms with van der Waals surface area (Å²) in [6.45, 7) is 6.80. The SMILES string of the molecule is CCCCCCCCCCCCCCCCCCCC1N(CCC)C=CN1Cc1ccccc1. The molecule has 0 amide bonds. The highest BCUT2D eigenvalue weighted by molar-refractivity contribution is 5.15. The van der Waals surface area contributed by atoms with E-state index in [9.17, 15) is 0 Å². The molecule has 0 spiro atoms. The molecule has 2 rings (SSSR count). The number of hydrogen-bond donors (Lipinski definition) is 0. The third-order valence-corrected chi connectivity index (χ3v) is 7.47. The van der Waals surface area contributed by atoms with Gasteiger partial charge < -0.3 is 9.80 Å². The molecule has 0 N–H and O–H groups in total. The Morgan fingerprint density at radius 3 is 1.50 bits per heavy atom. The monoisotopic (exact) mass is 468 g/mol. The van der Waals surface area contributed by atoms with Gasteiger partial charge in [0.15, 0.2) is 0 Å². The summed E-state index contributed by atoms with van der Waals surface area (Å²) in [7, 11) is 0. The van der Waals surface area contributed by atoms with Crippen molar-refractivity contribution in [2.24, 2.45) is 0 Å². The average molecular weight is 469 g/mol. The Morgan fingerprint density at radius 1 is 0.529 bits per heavy atom. The van der Waals surface area contributed by atoms with Crippen molar-refractivity contribution in [3.8, 4) is 0 Å². The molecular formula is C32H56N2. The molecule has 0 fully saturated rings. The van der Waals surface area contributed by atoms with Gasteiger partial charge in [-0.2, -0.15) is 0 Å². The summed E-state index contributed by atoms with van der Waals surface area (Å²) >= 11 is 0. The van der Waals surface area contributed by atoms with Gasteiger partial charge in [-0.3, -0.25) is 0 Å². The van der Waals surface area contributed by atoms with Gasteiger partial charge in [0.1, 0.15) is 6.17 Å². The van der Waals surface area contributed by atoms with Crippen molar-refractivity contribution in [2.75, 3.05) is 6.54 Å². The van der Waals surface area contributed by atoms with Crippen molar-refractivity contribution in [1.29, 1.82) is 0 Å². The van der Waals surface area contributed by atoms with E-state index in [4.69, 9.17) is 0 Å². The summed E-state index contributed by atoms with van der Waals surface area (Å²) in [5, 5.41) is 0. The van der Waals surface area contributed by atoms with Crippen LogP contribution in [0.25, 0.3) is 0 Å². The molecule has 0 aliphatic carbocycles. The summed E-state index contributed by atoms with van der Waals surface area (Å²) in [4.78, 5) is 5.12. The van der Waals surface area contributed by atoms with E-state index in [0.29, 0.717) is 6.17 Å². The molecule has 1 unspecified atom stereocenters. The van der Waals surface area contributed by atoms with Gasteiger partial charge in [0.2, 0.25) is 0 Å².